The monoisotopic (exact) mass is 283 g/mol. The molecular formula is C17H21N3O. The molecule has 0 atom stereocenters. The number of carbonyl (C=O) groups is 1. The third kappa shape index (κ3) is 2.20. The van der Waals surface area contributed by atoms with E-state index >= 15 is 0 Å². The Bertz CT molecular complexity index is 687. The molecule has 0 saturated heterocycles. The summed E-state index contributed by atoms with van der Waals surface area (Å²) in [5, 5.41) is 3.45. The first-order valence-corrected chi connectivity index (χ1v) is 7.47. The van der Waals surface area contributed by atoms with Gasteiger partial charge in [0, 0.05) is 19.8 Å². The molecule has 0 bridgehead atoms. The Labute approximate surface area is 125 Å². The van der Waals surface area contributed by atoms with E-state index in [0.29, 0.717) is 0 Å². The Morgan fingerprint density at radius 3 is 2.76 bits per heavy atom. The number of fused-ring (bicyclic) bond motifs is 2. The second kappa shape index (κ2) is 5.28. The number of hydrogen-bond donors (Lipinski definition) is 1. The minimum absolute atomic E-state index is 0.0755. The van der Waals surface area contributed by atoms with Gasteiger partial charge in [0.25, 0.3) is 5.91 Å². The van der Waals surface area contributed by atoms with Gasteiger partial charge in [-0.1, -0.05) is 25.5 Å². The molecule has 4 nitrogen and oxygen atoms in total. The summed E-state index contributed by atoms with van der Waals surface area (Å²) in [4.78, 5) is 14.9. The SMILES string of the molecule is CCCCN1C(=O)c2c(c(C)cn2C)Nc2ccccc21. The zero-order chi connectivity index (χ0) is 15.0. The van der Waals surface area contributed by atoms with Gasteiger partial charge in [0.05, 0.1) is 17.1 Å². The fourth-order valence-electron chi connectivity index (χ4n) is 2.92. The highest BCUT2D eigenvalue weighted by atomic mass is 16.2. The summed E-state index contributed by atoms with van der Waals surface area (Å²) in [6.07, 6.45) is 4.07. The highest BCUT2D eigenvalue weighted by molar-refractivity contribution is 6.13. The predicted molar refractivity (Wildman–Crippen MR) is 86.5 cm³/mol. The number of aromatic nitrogens is 1. The zero-order valence-corrected chi connectivity index (χ0v) is 12.8. The largest absolute Gasteiger partial charge is 0.352 e. The molecule has 4 heteroatoms. The molecule has 21 heavy (non-hydrogen) atoms. The highest BCUT2D eigenvalue weighted by Crippen LogP contribution is 2.37. The van der Waals surface area contributed by atoms with E-state index in [1.165, 1.54) is 0 Å². The fourth-order valence-corrected chi connectivity index (χ4v) is 2.92. The van der Waals surface area contributed by atoms with Crippen LogP contribution in [0.25, 0.3) is 0 Å². The van der Waals surface area contributed by atoms with E-state index in [0.717, 1.165) is 47.7 Å². The summed E-state index contributed by atoms with van der Waals surface area (Å²) >= 11 is 0. The lowest BCUT2D eigenvalue weighted by Crippen LogP contribution is -2.32. The van der Waals surface area contributed by atoms with Gasteiger partial charge in [-0.15, -0.1) is 0 Å². The summed E-state index contributed by atoms with van der Waals surface area (Å²) in [5.41, 5.74) is 4.71. The Balaban J connectivity index is 2.16. The number of nitrogens with zero attached hydrogens (tertiary/aromatic N) is 2. The first-order valence-electron chi connectivity index (χ1n) is 7.47. The molecule has 0 spiro atoms. The second-order valence-electron chi connectivity index (χ2n) is 5.60. The van der Waals surface area contributed by atoms with Crippen LogP contribution in [-0.2, 0) is 7.05 Å². The molecule has 1 aromatic heterocycles. The molecule has 110 valence electrons. The Morgan fingerprint density at radius 2 is 2.00 bits per heavy atom. The molecule has 1 aliphatic heterocycles. The quantitative estimate of drug-likeness (QED) is 0.929. The van der Waals surface area contributed by atoms with Gasteiger partial charge in [-0.05, 0) is 31.0 Å². The lowest BCUT2D eigenvalue weighted by molar-refractivity contribution is 0.0980. The number of para-hydroxylation sites is 2. The normalized spacial score (nSPS) is 13.5. The van der Waals surface area contributed by atoms with Crippen molar-refractivity contribution in [1.82, 2.24) is 4.57 Å². The number of anilines is 3. The van der Waals surface area contributed by atoms with Crippen LogP contribution < -0.4 is 10.2 Å². The van der Waals surface area contributed by atoms with Crippen molar-refractivity contribution in [2.45, 2.75) is 26.7 Å². The lowest BCUT2D eigenvalue weighted by Gasteiger charge is -2.22. The molecule has 3 rings (SSSR count). The van der Waals surface area contributed by atoms with Gasteiger partial charge in [-0.25, -0.2) is 0 Å². The molecule has 0 aliphatic carbocycles. The molecule has 1 amide bonds. The predicted octanol–water partition coefficient (Wildman–Crippen LogP) is 3.84. The Kier molecular flexibility index (Phi) is 3.45. The number of carbonyl (C=O) groups excluding carboxylic acids is 1. The van der Waals surface area contributed by atoms with Gasteiger partial charge in [-0.3, -0.25) is 4.79 Å². The molecule has 0 radical (unpaired) electrons. The van der Waals surface area contributed by atoms with Gasteiger partial charge in [0.2, 0.25) is 0 Å². The average Bonchev–Trinajstić information content (AvgIpc) is 2.67. The third-order valence-electron chi connectivity index (χ3n) is 4.01. The molecule has 0 fully saturated rings. The van der Waals surface area contributed by atoms with Gasteiger partial charge in [0.1, 0.15) is 5.69 Å². The van der Waals surface area contributed by atoms with Crippen LogP contribution in [0.15, 0.2) is 30.5 Å². The van der Waals surface area contributed by atoms with Crippen molar-refractivity contribution < 1.29 is 4.79 Å². The van der Waals surface area contributed by atoms with Crippen LogP contribution in [-0.4, -0.2) is 17.0 Å². The maximum absolute atomic E-state index is 13.0. The van der Waals surface area contributed by atoms with E-state index in [2.05, 4.69) is 12.2 Å². The van der Waals surface area contributed by atoms with Crippen molar-refractivity contribution in [3.63, 3.8) is 0 Å². The molecule has 2 heterocycles. The second-order valence-corrected chi connectivity index (χ2v) is 5.60. The van der Waals surface area contributed by atoms with E-state index in [4.69, 9.17) is 0 Å². The Hall–Kier alpha value is -2.23. The summed E-state index contributed by atoms with van der Waals surface area (Å²) < 4.78 is 1.92. The van der Waals surface area contributed by atoms with Crippen LogP contribution in [0.2, 0.25) is 0 Å². The number of aryl methyl sites for hydroxylation is 2. The first-order chi connectivity index (χ1) is 10.1. The number of amides is 1. The van der Waals surface area contributed by atoms with Crippen molar-refractivity contribution >= 4 is 23.0 Å². The summed E-state index contributed by atoms with van der Waals surface area (Å²) in [7, 11) is 1.93. The number of hydrogen-bond acceptors (Lipinski definition) is 2. The molecule has 0 saturated carbocycles. The van der Waals surface area contributed by atoms with Crippen molar-refractivity contribution in [3.05, 3.63) is 41.7 Å². The van der Waals surface area contributed by atoms with Crippen LogP contribution >= 0.6 is 0 Å². The zero-order valence-electron chi connectivity index (χ0n) is 12.8. The number of nitrogens with one attached hydrogen (secondary N) is 1. The van der Waals surface area contributed by atoms with Gasteiger partial charge in [0.15, 0.2) is 0 Å². The van der Waals surface area contributed by atoms with Crippen LogP contribution in [0.5, 0.6) is 0 Å². The van der Waals surface area contributed by atoms with Gasteiger partial charge < -0.3 is 14.8 Å². The molecular weight excluding hydrogens is 262 g/mol. The molecule has 1 aliphatic rings. The molecule has 1 aromatic carbocycles. The van der Waals surface area contributed by atoms with E-state index < -0.39 is 0 Å². The van der Waals surface area contributed by atoms with Crippen molar-refractivity contribution in [3.8, 4) is 0 Å². The minimum atomic E-state index is 0.0755. The summed E-state index contributed by atoms with van der Waals surface area (Å²) in [6.45, 7) is 4.92. The number of unbranched alkanes of at least 4 members (excludes halogenated alkanes) is 1. The standard InChI is InChI=1S/C17H21N3O/c1-4-5-10-20-14-9-7-6-8-13(14)18-15-12(2)11-19(3)16(15)17(20)21/h6-9,11,18H,4-5,10H2,1-3H3. The van der Waals surface area contributed by atoms with Crippen molar-refractivity contribution in [2.75, 3.05) is 16.8 Å². The third-order valence-corrected chi connectivity index (χ3v) is 4.01. The van der Waals surface area contributed by atoms with E-state index in [9.17, 15) is 4.79 Å². The number of rotatable bonds is 3. The van der Waals surface area contributed by atoms with Crippen molar-refractivity contribution in [1.29, 1.82) is 0 Å². The first kappa shape index (κ1) is 13.7. The van der Waals surface area contributed by atoms with Crippen LogP contribution in [0, 0.1) is 6.92 Å². The molecule has 2 aromatic rings. The van der Waals surface area contributed by atoms with Gasteiger partial charge in [-0.2, -0.15) is 0 Å². The van der Waals surface area contributed by atoms with Crippen LogP contribution in [0.4, 0.5) is 17.1 Å². The van der Waals surface area contributed by atoms with E-state index in [1.807, 2.05) is 53.9 Å². The maximum Gasteiger partial charge on any atom is 0.277 e. The van der Waals surface area contributed by atoms with E-state index in [-0.39, 0.29) is 5.91 Å². The minimum Gasteiger partial charge on any atom is -0.352 e. The molecule has 1 N–H and O–H groups in total. The van der Waals surface area contributed by atoms with Gasteiger partial charge >= 0.3 is 0 Å². The van der Waals surface area contributed by atoms with Crippen LogP contribution in [0.3, 0.4) is 0 Å². The Morgan fingerprint density at radius 1 is 1.24 bits per heavy atom. The lowest BCUT2D eigenvalue weighted by atomic mass is 10.2. The fraction of sp³-hybridized carbons (Fsp3) is 0.353. The maximum atomic E-state index is 13.0. The van der Waals surface area contributed by atoms with Crippen molar-refractivity contribution in [2.24, 2.45) is 7.05 Å². The van der Waals surface area contributed by atoms with Crippen LogP contribution in [0.1, 0.15) is 35.8 Å². The van der Waals surface area contributed by atoms with E-state index in [1.54, 1.807) is 0 Å². The average molecular weight is 283 g/mol. The summed E-state index contributed by atoms with van der Waals surface area (Å²) in [6, 6.07) is 8.02. The highest BCUT2D eigenvalue weighted by Gasteiger charge is 2.29. The molecule has 0 unspecified atom stereocenters. The number of benzene rings is 1. The topological polar surface area (TPSA) is 37.3 Å². The smallest absolute Gasteiger partial charge is 0.277 e. The summed E-state index contributed by atoms with van der Waals surface area (Å²) in [5.74, 6) is 0.0755.